The average Bonchev–Trinajstić information content (AvgIpc) is 2.43. The Bertz CT molecular complexity index is 495. The van der Waals surface area contributed by atoms with E-state index in [4.69, 9.17) is 12.3 Å². The van der Waals surface area contributed by atoms with Crippen LogP contribution < -0.4 is 34.7 Å². The number of unbranched alkanes of at least 4 members (excludes halogenated alkanes) is 6. The van der Waals surface area contributed by atoms with E-state index in [9.17, 15) is 9.90 Å². The van der Waals surface area contributed by atoms with Gasteiger partial charge in [-0.25, -0.2) is 0 Å². The van der Waals surface area contributed by atoms with Crippen LogP contribution in [0.15, 0.2) is 0 Å². The summed E-state index contributed by atoms with van der Waals surface area (Å²) in [5.74, 6) is -1.03. The minimum atomic E-state index is -3.04. The summed E-state index contributed by atoms with van der Waals surface area (Å²) in [6.07, 6.45) is 8.67. The van der Waals surface area contributed by atoms with Crippen LogP contribution in [0.1, 0.15) is 58.3 Å². The number of carboxylic acid groups (broad SMARTS) is 1. The molecule has 10 heteroatoms. The molecule has 0 aromatic heterocycles. The minimum absolute atomic E-state index is 0. The maximum Gasteiger partial charge on any atom is 1.00 e. The van der Waals surface area contributed by atoms with Crippen molar-refractivity contribution < 1.29 is 51.8 Å². The topological polar surface area (TPSA) is 67.8 Å². The van der Waals surface area contributed by atoms with Crippen molar-refractivity contribution in [2.45, 2.75) is 123 Å². The van der Waals surface area contributed by atoms with Crippen molar-refractivity contribution >= 4 is 39.7 Å². The fourth-order valence-electron chi connectivity index (χ4n) is 3.92. The molecule has 0 saturated carbocycles. The molecule has 0 saturated heterocycles. The maximum atomic E-state index is 12.2. The first-order valence-corrected chi connectivity index (χ1v) is 23.4. The van der Waals surface area contributed by atoms with E-state index < -0.39 is 45.3 Å². The van der Waals surface area contributed by atoms with Gasteiger partial charge < -0.3 is 22.2 Å². The van der Waals surface area contributed by atoms with Gasteiger partial charge in [-0.15, -0.1) is 0 Å². The number of aliphatic carboxylic acids is 1. The van der Waals surface area contributed by atoms with Crippen LogP contribution in [0.5, 0.6) is 0 Å². The largest absolute Gasteiger partial charge is 1.00 e. The Hall–Kier alpha value is 1.22. The molecule has 0 radical (unpaired) electrons. The zero-order valence-corrected chi connectivity index (χ0v) is 27.8. The first kappa shape index (κ1) is 33.4. The second kappa shape index (κ2) is 14.5. The molecule has 5 nitrogen and oxygen atoms in total. The first-order chi connectivity index (χ1) is 13.0. The molecule has 0 N–H and O–H groups in total. The molecule has 2 atom stereocenters. The summed E-state index contributed by atoms with van der Waals surface area (Å²) in [7, 11) is -9.37. The number of carboxylic acids is 1. The third-order valence-electron chi connectivity index (χ3n) is 4.52. The van der Waals surface area contributed by atoms with Crippen molar-refractivity contribution in [3.63, 3.8) is 0 Å². The van der Waals surface area contributed by atoms with Crippen LogP contribution in [0.25, 0.3) is 0 Å². The van der Waals surface area contributed by atoms with Crippen LogP contribution in [0.3, 0.4) is 0 Å². The van der Waals surface area contributed by atoms with Gasteiger partial charge in [-0.05, 0) is 65.3 Å². The van der Waals surface area contributed by atoms with E-state index >= 15 is 0 Å². The molecule has 0 aromatic rings. The molecule has 0 rings (SSSR count). The first-order valence-electron chi connectivity index (χ1n) is 11.3. The van der Waals surface area contributed by atoms with Gasteiger partial charge in [0.1, 0.15) is 0 Å². The van der Waals surface area contributed by atoms with Gasteiger partial charge in [-0.2, -0.15) is 0 Å². The number of carbonyl (C=O) groups is 1. The number of rotatable bonds is 16. The van der Waals surface area contributed by atoms with Gasteiger partial charge >= 0.3 is 46.7 Å². The molecule has 0 aliphatic carbocycles. The summed E-state index contributed by atoms with van der Waals surface area (Å²) in [4.78, 5) is 12.2. The number of hydrogen-bond donors (Lipinski definition) is 0. The third kappa shape index (κ3) is 15.9. The van der Waals surface area contributed by atoms with Crippen LogP contribution in [0, 0.1) is 0 Å². The molecular formula is C20H47NaO5Si4. The van der Waals surface area contributed by atoms with Gasteiger partial charge in [-0.3, -0.25) is 0 Å². The van der Waals surface area contributed by atoms with Crippen molar-refractivity contribution in [1.29, 1.82) is 0 Å². The molecular weight excluding hydrogens is 456 g/mol. The standard InChI is InChI=1S/C20H48O5Si4.Na/c1-11-12-13-14-15-16-17-18-19(20(21)22)29(10,24-27(5,6)7)25-28(8,9)23-26(2,3)4;/h19H,11-18H2,1-10H3,(H,21,22);/q;+1/p-1. The summed E-state index contributed by atoms with van der Waals surface area (Å²) in [5.41, 5.74) is -0.665. The van der Waals surface area contributed by atoms with Gasteiger partial charge in [0, 0.05) is 11.5 Å². The Morgan fingerprint density at radius 2 is 1.17 bits per heavy atom. The van der Waals surface area contributed by atoms with E-state index in [1.807, 2.05) is 19.6 Å². The molecule has 0 heterocycles. The molecule has 2 unspecified atom stereocenters. The maximum absolute atomic E-state index is 12.2. The van der Waals surface area contributed by atoms with E-state index in [0.717, 1.165) is 19.3 Å². The molecule has 0 aliphatic rings. The summed E-state index contributed by atoms with van der Waals surface area (Å²) >= 11 is 0. The quantitative estimate of drug-likeness (QED) is 0.240. The molecule has 30 heavy (non-hydrogen) atoms. The number of hydrogen-bond acceptors (Lipinski definition) is 5. The van der Waals surface area contributed by atoms with Crippen molar-refractivity contribution in [3.05, 3.63) is 0 Å². The molecule has 0 fully saturated rings. The second-order valence-electron chi connectivity index (χ2n) is 10.7. The van der Waals surface area contributed by atoms with Gasteiger partial charge in [0.25, 0.3) is 0 Å². The van der Waals surface area contributed by atoms with Crippen LogP contribution in [0.4, 0.5) is 0 Å². The van der Waals surface area contributed by atoms with Crippen LogP contribution >= 0.6 is 0 Å². The third-order valence-corrected chi connectivity index (χ3v) is 18.4. The minimum Gasteiger partial charge on any atom is -0.550 e. The van der Waals surface area contributed by atoms with E-state index in [1.165, 1.54) is 25.7 Å². The van der Waals surface area contributed by atoms with Crippen molar-refractivity contribution in [2.75, 3.05) is 0 Å². The zero-order chi connectivity index (χ0) is 22.9. The summed E-state index contributed by atoms with van der Waals surface area (Å²) < 4.78 is 19.5. The normalized spacial score (nSPS) is 15.9. The monoisotopic (exact) mass is 502 g/mol. The number of carbonyl (C=O) groups excluding carboxylic acids is 1. The predicted octanol–water partition coefficient (Wildman–Crippen LogP) is 2.74. The van der Waals surface area contributed by atoms with Crippen molar-refractivity contribution in [1.82, 2.24) is 0 Å². The Morgan fingerprint density at radius 1 is 0.733 bits per heavy atom. The van der Waals surface area contributed by atoms with E-state index in [1.54, 1.807) is 0 Å². The molecule has 0 spiro atoms. The second-order valence-corrected chi connectivity index (χ2v) is 27.2. The van der Waals surface area contributed by atoms with Crippen LogP contribution in [0.2, 0.25) is 64.5 Å². The zero-order valence-electron chi connectivity index (χ0n) is 21.8. The SMILES string of the molecule is CCCCCCCCCC(C(=O)[O-])[Si](C)(O[Si](C)(C)C)O[Si](C)(C)O[Si](C)(C)C.[Na+]. The fourth-order valence-corrected chi connectivity index (χ4v) is 22.0. The summed E-state index contributed by atoms with van der Waals surface area (Å²) in [5, 5.41) is 12.2. The Labute approximate surface area is 213 Å². The smallest absolute Gasteiger partial charge is 0.550 e. The van der Waals surface area contributed by atoms with E-state index in [0.29, 0.717) is 6.42 Å². The summed E-state index contributed by atoms with van der Waals surface area (Å²) in [6, 6.07) is 0. The van der Waals surface area contributed by atoms with Crippen molar-refractivity contribution in [3.8, 4) is 0 Å². The van der Waals surface area contributed by atoms with Gasteiger partial charge in [0.15, 0.2) is 16.6 Å². The van der Waals surface area contributed by atoms with Gasteiger partial charge in [0.2, 0.25) is 0 Å². The molecule has 0 aromatic carbocycles. The van der Waals surface area contributed by atoms with Crippen LogP contribution in [-0.4, -0.2) is 39.7 Å². The van der Waals surface area contributed by atoms with E-state index in [2.05, 4.69) is 46.2 Å². The molecule has 0 amide bonds. The van der Waals surface area contributed by atoms with Gasteiger partial charge in [0.05, 0.1) is 0 Å². The average molecular weight is 503 g/mol. The summed E-state index contributed by atoms with van der Waals surface area (Å²) in [6.45, 7) is 20.9. The van der Waals surface area contributed by atoms with Crippen molar-refractivity contribution in [2.24, 2.45) is 0 Å². The Balaban J connectivity index is 0. The fraction of sp³-hybridized carbons (Fsp3) is 0.950. The van der Waals surface area contributed by atoms with E-state index in [-0.39, 0.29) is 29.6 Å². The van der Waals surface area contributed by atoms with Crippen LogP contribution in [-0.2, 0) is 17.1 Å². The Kier molecular flexibility index (Phi) is 16.1. The molecule has 174 valence electrons. The van der Waals surface area contributed by atoms with Gasteiger partial charge in [-0.1, -0.05) is 51.9 Å². The molecule has 0 bridgehead atoms. The predicted molar refractivity (Wildman–Crippen MR) is 130 cm³/mol. The molecule has 0 aliphatic heterocycles. The Morgan fingerprint density at radius 3 is 1.57 bits per heavy atom.